The average molecular weight is 367 g/mol. The molecule has 3 rings (SSSR count). The molecule has 1 fully saturated rings. The topological polar surface area (TPSA) is 58.2 Å². The fraction of sp³-hybridized carbons (Fsp3) is 0.444. The van der Waals surface area contributed by atoms with Crippen LogP contribution in [0.15, 0.2) is 30.5 Å². The van der Waals surface area contributed by atoms with Crippen molar-refractivity contribution in [2.24, 2.45) is 0 Å². The first-order chi connectivity index (χ1) is 12.4. The Morgan fingerprint density at radius 3 is 2.50 bits per heavy atom. The fourth-order valence-electron chi connectivity index (χ4n) is 2.97. The summed E-state index contributed by atoms with van der Waals surface area (Å²) in [6.07, 6.45) is 1.01. The Bertz CT molecular complexity index is 737. The van der Waals surface area contributed by atoms with Gasteiger partial charge in [0, 0.05) is 24.8 Å². The summed E-state index contributed by atoms with van der Waals surface area (Å²) in [5.41, 5.74) is -0.0869. The highest BCUT2D eigenvalue weighted by Crippen LogP contribution is 2.35. The first kappa shape index (κ1) is 18.3. The molecular formula is C18H20F3N3O2. The van der Waals surface area contributed by atoms with Crippen LogP contribution in [0.1, 0.15) is 31.2 Å². The first-order valence-electron chi connectivity index (χ1n) is 8.56. The molecule has 0 spiro atoms. The molecule has 0 aliphatic carbocycles. The summed E-state index contributed by atoms with van der Waals surface area (Å²) in [5, 5.41) is 6.39. The minimum Gasteiger partial charge on any atom is -0.484 e. The third-order valence-corrected chi connectivity index (χ3v) is 4.37. The molecule has 0 unspecified atom stereocenters. The molecule has 0 atom stereocenters. The highest BCUT2D eigenvalue weighted by Gasteiger charge is 2.32. The van der Waals surface area contributed by atoms with Crippen LogP contribution < -0.4 is 4.74 Å². The number of carbonyl (C=O) groups excluding carboxylic acids is 1. The van der Waals surface area contributed by atoms with Gasteiger partial charge >= 0.3 is 6.18 Å². The molecule has 140 valence electrons. The third kappa shape index (κ3) is 4.56. The second-order valence-corrected chi connectivity index (χ2v) is 6.30. The molecular weight excluding hydrogens is 347 g/mol. The molecule has 1 aromatic heterocycles. The number of amides is 1. The number of aromatic nitrogens is 2. The monoisotopic (exact) mass is 367 g/mol. The van der Waals surface area contributed by atoms with Gasteiger partial charge in [0.2, 0.25) is 0 Å². The largest absolute Gasteiger partial charge is 0.484 e. The number of carbonyl (C=O) groups is 1. The molecule has 1 saturated heterocycles. The summed E-state index contributed by atoms with van der Waals surface area (Å²) < 4.78 is 44.9. The Hall–Kier alpha value is -2.51. The van der Waals surface area contributed by atoms with Crippen LogP contribution in [0.4, 0.5) is 13.2 Å². The van der Waals surface area contributed by atoms with Crippen LogP contribution in [0, 0.1) is 0 Å². The lowest BCUT2D eigenvalue weighted by molar-refractivity contribution is -0.137. The summed E-state index contributed by atoms with van der Waals surface area (Å²) >= 11 is 0. The molecule has 2 heterocycles. The lowest BCUT2D eigenvalue weighted by Gasteiger charge is -2.20. The van der Waals surface area contributed by atoms with E-state index in [1.165, 1.54) is 12.3 Å². The van der Waals surface area contributed by atoms with Crippen LogP contribution in [0.3, 0.4) is 0 Å². The maximum absolute atomic E-state index is 13.2. The molecule has 0 saturated carbocycles. The number of alkyl halides is 3. The summed E-state index contributed by atoms with van der Waals surface area (Å²) in [6.45, 7) is 1.07. The van der Waals surface area contributed by atoms with E-state index in [2.05, 4.69) is 10.2 Å². The fourth-order valence-corrected chi connectivity index (χ4v) is 2.97. The number of hydrogen-bond donors (Lipinski definition) is 1. The van der Waals surface area contributed by atoms with Gasteiger partial charge in [-0.05, 0) is 37.1 Å². The van der Waals surface area contributed by atoms with Crippen LogP contribution in [-0.2, 0) is 11.0 Å². The standard InChI is InChI=1S/C18H20F3N3O2/c19-18(20,21)14-9-13(16-5-6-22-23-16)10-15(11-14)26-12-17(25)24-7-3-1-2-4-8-24/h5-6,9-11H,1-4,7-8,12H2,(H,22,23). The number of H-pyrrole nitrogens is 1. The summed E-state index contributed by atoms with van der Waals surface area (Å²) in [6, 6.07) is 4.98. The number of halogens is 3. The van der Waals surface area contributed by atoms with E-state index in [9.17, 15) is 18.0 Å². The number of likely N-dealkylation sites (tertiary alicyclic amines) is 1. The van der Waals surface area contributed by atoms with Crippen LogP contribution in [0.2, 0.25) is 0 Å². The zero-order valence-corrected chi connectivity index (χ0v) is 14.2. The number of aromatic amines is 1. The SMILES string of the molecule is O=C(COc1cc(-c2ccn[nH]2)cc(C(F)(F)F)c1)N1CCCCCC1. The van der Waals surface area contributed by atoms with Gasteiger partial charge in [0.15, 0.2) is 6.61 Å². The molecule has 26 heavy (non-hydrogen) atoms. The molecule has 0 bridgehead atoms. The van der Waals surface area contributed by atoms with E-state index < -0.39 is 11.7 Å². The Morgan fingerprint density at radius 1 is 1.15 bits per heavy atom. The molecule has 1 aliphatic rings. The normalized spacial score (nSPS) is 15.6. The van der Waals surface area contributed by atoms with E-state index in [1.54, 1.807) is 11.0 Å². The van der Waals surface area contributed by atoms with E-state index in [0.29, 0.717) is 24.3 Å². The lowest BCUT2D eigenvalue weighted by atomic mass is 10.1. The number of nitrogens with one attached hydrogen (secondary N) is 1. The van der Waals surface area contributed by atoms with Crippen LogP contribution in [0.5, 0.6) is 5.75 Å². The van der Waals surface area contributed by atoms with E-state index in [0.717, 1.165) is 37.8 Å². The summed E-state index contributed by atoms with van der Waals surface area (Å²) in [7, 11) is 0. The predicted molar refractivity (Wildman–Crippen MR) is 89.6 cm³/mol. The van der Waals surface area contributed by atoms with Gasteiger partial charge in [-0.2, -0.15) is 18.3 Å². The van der Waals surface area contributed by atoms with Gasteiger partial charge in [-0.15, -0.1) is 0 Å². The first-order valence-corrected chi connectivity index (χ1v) is 8.56. The lowest BCUT2D eigenvalue weighted by Crippen LogP contribution is -2.35. The minimum atomic E-state index is -4.51. The molecule has 1 amide bonds. The summed E-state index contributed by atoms with van der Waals surface area (Å²) in [4.78, 5) is 14.0. The van der Waals surface area contributed by atoms with Crippen molar-refractivity contribution in [2.45, 2.75) is 31.9 Å². The Labute approximate surface area is 149 Å². The zero-order valence-electron chi connectivity index (χ0n) is 14.2. The number of benzene rings is 1. The molecule has 8 heteroatoms. The average Bonchev–Trinajstić information content (AvgIpc) is 3.01. The molecule has 1 aliphatic heterocycles. The highest BCUT2D eigenvalue weighted by atomic mass is 19.4. The number of hydrogen-bond acceptors (Lipinski definition) is 3. The molecule has 0 radical (unpaired) electrons. The van der Waals surface area contributed by atoms with E-state index in [-0.39, 0.29) is 18.3 Å². The molecule has 1 aromatic carbocycles. The van der Waals surface area contributed by atoms with Crippen molar-refractivity contribution in [3.63, 3.8) is 0 Å². The van der Waals surface area contributed by atoms with Gasteiger partial charge in [0.05, 0.1) is 11.3 Å². The van der Waals surface area contributed by atoms with Crippen molar-refractivity contribution < 1.29 is 22.7 Å². The van der Waals surface area contributed by atoms with Gasteiger partial charge in [0.1, 0.15) is 5.75 Å². The van der Waals surface area contributed by atoms with Crippen LogP contribution in [0.25, 0.3) is 11.3 Å². The van der Waals surface area contributed by atoms with Crippen molar-refractivity contribution in [3.8, 4) is 17.0 Å². The van der Waals surface area contributed by atoms with E-state index in [1.807, 2.05) is 0 Å². The van der Waals surface area contributed by atoms with Crippen molar-refractivity contribution in [3.05, 3.63) is 36.0 Å². The zero-order chi connectivity index (χ0) is 18.6. The minimum absolute atomic E-state index is 0.00703. The van der Waals surface area contributed by atoms with Crippen LogP contribution in [-0.4, -0.2) is 40.7 Å². The van der Waals surface area contributed by atoms with Gasteiger partial charge in [-0.1, -0.05) is 12.8 Å². The number of rotatable bonds is 4. The Morgan fingerprint density at radius 2 is 1.88 bits per heavy atom. The van der Waals surface area contributed by atoms with E-state index >= 15 is 0 Å². The van der Waals surface area contributed by atoms with E-state index in [4.69, 9.17) is 4.74 Å². The van der Waals surface area contributed by atoms with Gasteiger partial charge in [-0.25, -0.2) is 0 Å². The van der Waals surface area contributed by atoms with Crippen molar-refractivity contribution in [2.75, 3.05) is 19.7 Å². The molecule has 5 nitrogen and oxygen atoms in total. The third-order valence-electron chi connectivity index (χ3n) is 4.37. The highest BCUT2D eigenvalue weighted by molar-refractivity contribution is 5.78. The number of ether oxygens (including phenoxy) is 1. The maximum atomic E-state index is 13.2. The molecule has 2 aromatic rings. The maximum Gasteiger partial charge on any atom is 0.416 e. The van der Waals surface area contributed by atoms with Crippen LogP contribution >= 0.6 is 0 Å². The van der Waals surface area contributed by atoms with Gasteiger partial charge in [0.25, 0.3) is 5.91 Å². The molecule has 1 N–H and O–H groups in total. The smallest absolute Gasteiger partial charge is 0.416 e. The van der Waals surface area contributed by atoms with Crippen molar-refractivity contribution >= 4 is 5.91 Å². The second-order valence-electron chi connectivity index (χ2n) is 6.30. The van der Waals surface area contributed by atoms with Crippen molar-refractivity contribution in [1.29, 1.82) is 0 Å². The van der Waals surface area contributed by atoms with Gasteiger partial charge in [-0.3, -0.25) is 9.89 Å². The van der Waals surface area contributed by atoms with Crippen molar-refractivity contribution in [1.82, 2.24) is 15.1 Å². The Balaban J connectivity index is 1.76. The second kappa shape index (κ2) is 7.80. The Kier molecular flexibility index (Phi) is 5.49. The number of nitrogens with zero attached hydrogens (tertiary/aromatic N) is 2. The quantitative estimate of drug-likeness (QED) is 0.892. The predicted octanol–water partition coefficient (Wildman–Crippen LogP) is 3.88. The summed E-state index contributed by atoms with van der Waals surface area (Å²) in [5.74, 6) is -0.194. The van der Waals surface area contributed by atoms with Gasteiger partial charge < -0.3 is 9.64 Å².